The van der Waals surface area contributed by atoms with Gasteiger partial charge in [-0.3, -0.25) is 4.79 Å². The molecule has 1 aromatic carbocycles. The standard InChI is InChI=1S/C20H26ClNO/c1-3-13-20(2)14-12-18(15-8-10-16(21)11-9-15)22(19(20)23)17-6-4-5-7-17/h3,8-11,17-18H,1,4-7,12-14H2,2H3. The number of amides is 1. The zero-order chi connectivity index (χ0) is 16.4. The number of hydrogen-bond acceptors (Lipinski definition) is 1. The van der Waals surface area contributed by atoms with Crippen molar-refractivity contribution in [3.63, 3.8) is 0 Å². The molecule has 2 fully saturated rings. The third-order valence-corrected chi connectivity index (χ3v) is 5.88. The maximum atomic E-state index is 13.3. The number of nitrogens with zero attached hydrogens (tertiary/aromatic N) is 1. The zero-order valence-electron chi connectivity index (χ0n) is 13.9. The van der Waals surface area contributed by atoms with E-state index in [1.54, 1.807) is 0 Å². The van der Waals surface area contributed by atoms with E-state index in [-0.39, 0.29) is 11.5 Å². The first-order valence-electron chi connectivity index (χ1n) is 8.74. The van der Waals surface area contributed by atoms with Gasteiger partial charge in [0, 0.05) is 11.1 Å². The van der Waals surface area contributed by atoms with Crippen molar-refractivity contribution >= 4 is 17.5 Å². The highest BCUT2D eigenvalue weighted by Crippen LogP contribution is 2.46. The second kappa shape index (κ2) is 6.68. The summed E-state index contributed by atoms with van der Waals surface area (Å²) in [5, 5.41) is 0.750. The quantitative estimate of drug-likeness (QED) is 0.664. The fourth-order valence-electron chi connectivity index (χ4n) is 4.28. The lowest BCUT2D eigenvalue weighted by Crippen LogP contribution is -2.52. The fourth-order valence-corrected chi connectivity index (χ4v) is 4.40. The first-order chi connectivity index (χ1) is 11.0. The van der Waals surface area contributed by atoms with Gasteiger partial charge in [0.05, 0.1) is 11.5 Å². The van der Waals surface area contributed by atoms with Gasteiger partial charge in [-0.05, 0) is 49.8 Å². The van der Waals surface area contributed by atoms with Crippen LogP contribution in [0.5, 0.6) is 0 Å². The molecule has 1 saturated heterocycles. The predicted molar refractivity (Wildman–Crippen MR) is 95.5 cm³/mol. The Balaban J connectivity index is 1.93. The van der Waals surface area contributed by atoms with Gasteiger partial charge in [-0.15, -0.1) is 6.58 Å². The molecule has 1 heterocycles. The van der Waals surface area contributed by atoms with Crippen molar-refractivity contribution in [3.8, 4) is 0 Å². The number of benzene rings is 1. The van der Waals surface area contributed by atoms with Crippen LogP contribution in [0.15, 0.2) is 36.9 Å². The molecule has 0 bridgehead atoms. The number of hydrogen-bond donors (Lipinski definition) is 0. The van der Waals surface area contributed by atoms with Crippen molar-refractivity contribution in [2.75, 3.05) is 0 Å². The van der Waals surface area contributed by atoms with Crippen molar-refractivity contribution < 1.29 is 4.79 Å². The molecule has 1 saturated carbocycles. The minimum atomic E-state index is -0.284. The van der Waals surface area contributed by atoms with Gasteiger partial charge in [0.25, 0.3) is 0 Å². The van der Waals surface area contributed by atoms with Crippen molar-refractivity contribution in [1.29, 1.82) is 0 Å². The fraction of sp³-hybridized carbons (Fsp3) is 0.550. The first kappa shape index (κ1) is 16.6. The molecular formula is C20H26ClNO. The third kappa shape index (κ3) is 3.19. The van der Waals surface area contributed by atoms with Crippen molar-refractivity contribution in [2.24, 2.45) is 5.41 Å². The van der Waals surface area contributed by atoms with Gasteiger partial charge < -0.3 is 4.90 Å². The van der Waals surface area contributed by atoms with Crippen molar-refractivity contribution in [3.05, 3.63) is 47.5 Å². The van der Waals surface area contributed by atoms with E-state index < -0.39 is 0 Å². The van der Waals surface area contributed by atoms with E-state index in [1.807, 2.05) is 18.2 Å². The number of carbonyl (C=O) groups is 1. The van der Waals surface area contributed by atoms with Crippen LogP contribution in [0.2, 0.25) is 5.02 Å². The van der Waals surface area contributed by atoms with Crippen LogP contribution < -0.4 is 0 Å². The topological polar surface area (TPSA) is 20.3 Å². The van der Waals surface area contributed by atoms with Crippen molar-refractivity contribution in [1.82, 2.24) is 4.90 Å². The van der Waals surface area contributed by atoms with E-state index in [1.165, 1.54) is 18.4 Å². The summed E-state index contributed by atoms with van der Waals surface area (Å²) in [6.07, 6.45) is 9.36. The van der Waals surface area contributed by atoms with Crippen LogP contribution in [-0.2, 0) is 4.79 Å². The molecule has 124 valence electrons. The Morgan fingerprint density at radius 3 is 2.52 bits per heavy atom. The van der Waals surface area contributed by atoms with E-state index in [0.717, 1.165) is 37.1 Å². The molecule has 1 aliphatic heterocycles. The molecule has 3 heteroatoms. The Kier molecular flexibility index (Phi) is 4.82. The number of rotatable bonds is 4. The van der Waals surface area contributed by atoms with E-state index >= 15 is 0 Å². The number of carbonyl (C=O) groups excluding carboxylic acids is 1. The Morgan fingerprint density at radius 2 is 1.91 bits per heavy atom. The third-order valence-electron chi connectivity index (χ3n) is 5.62. The van der Waals surface area contributed by atoms with Gasteiger partial charge in [0.15, 0.2) is 0 Å². The molecule has 2 nitrogen and oxygen atoms in total. The molecule has 0 N–H and O–H groups in total. The molecule has 0 radical (unpaired) electrons. The minimum absolute atomic E-state index is 0.195. The normalized spacial score (nSPS) is 29.0. The monoisotopic (exact) mass is 331 g/mol. The van der Waals surface area contributed by atoms with Crippen LogP contribution in [0, 0.1) is 5.41 Å². The van der Waals surface area contributed by atoms with Crippen LogP contribution in [0.3, 0.4) is 0 Å². The van der Waals surface area contributed by atoms with Gasteiger partial charge in [-0.25, -0.2) is 0 Å². The van der Waals surface area contributed by atoms with Gasteiger partial charge >= 0.3 is 0 Å². The van der Waals surface area contributed by atoms with E-state index in [0.29, 0.717) is 11.9 Å². The molecule has 0 aromatic heterocycles. The molecule has 1 amide bonds. The Morgan fingerprint density at radius 1 is 1.26 bits per heavy atom. The maximum absolute atomic E-state index is 13.3. The lowest BCUT2D eigenvalue weighted by molar-refractivity contribution is -0.152. The zero-order valence-corrected chi connectivity index (χ0v) is 14.7. The lowest BCUT2D eigenvalue weighted by Gasteiger charge is -2.47. The van der Waals surface area contributed by atoms with E-state index in [2.05, 4.69) is 30.5 Å². The van der Waals surface area contributed by atoms with Crippen LogP contribution >= 0.6 is 11.6 Å². The number of allylic oxidation sites excluding steroid dienone is 1. The molecule has 2 unspecified atom stereocenters. The van der Waals surface area contributed by atoms with Crippen LogP contribution in [0.1, 0.15) is 63.5 Å². The number of piperidine rings is 1. The number of halogens is 1. The van der Waals surface area contributed by atoms with Crippen molar-refractivity contribution in [2.45, 2.75) is 64.0 Å². The summed E-state index contributed by atoms with van der Waals surface area (Å²) in [7, 11) is 0. The van der Waals surface area contributed by atoms with E-state index in [9.17, 15) is 4.79 Å². The Labute approximate surface area is 144 Å². The van der Waals surface area contributed by atoms with Gasteiger partial charge in [-0.1, -0.05) is 49.6 Å². The highest BCUT2D eigenvalue weighted by molar-refractivity contribution is 6.30. The molecule has 23 heavy (non-hydrogen) atoms. The molecule has 1 aliphatic carbocycles. The molecule has 2 aliphatic rings. The second-order valence-corrected chi connectivity index (χ2v) is 7.75. The van der Waals surface area contributed by atoms with Gasteiger partial charge in [-0.2, -0.15) is 0 Å². The average Bonchev–Trinajstić information content (AvgIpc) is 3.05. The van der Waals surface area contributed by atoms with E-state index in [4.69, 9.17) is 11.6 Å². The smallest absolute Gasteiger partial charge is 0.229 e. The van der Waals surface area contributed by atoms with Crippen LogP contribution in [0.4, 0.5) is 0 Å². The number of likely N-dealkylation sites (tertiary alicyclic amines) is 1. The van der Waals surface area contributed by atoms with Gasteiger partial charge in [0.2, 0.25) is 5.91 Å². The summed E-state index contributed by atoms with van der Waals surface area (Å²) >= 11 is 6.04. The minimum Gasteiger partial charge on any atom is -0.332 e. The molecular weight excluding hydrogens is 306 g/mol. The highest BCUT2D eigenvalue weighted by Gasteiger charge is 2.46. The summed E-state index contributed by atoms with van der Waals surface area (Å²) in [6, 6.07) is 8.63. The average molecular weight is 332 g/mol. The Bertz CT molecular complexity index is 576. The maximum Gasteiger partial charge on any atom is 0.229 e. The molecule has 1 aromatic rings. The second-order valence-electron chi connectivity index (χ2n) is 7.31. The largest absolute Gasteiger partial charge is 0.332 e. The summed E-state index contributed by atoms with van der Waals surface area (Å²) in [4.78, 5) is 15.5. The summed E-state index contributed by atoms with van der Waals surface area (Å²) in [5.41, 5.74) is 0.933. The summed E-state index contributed by atoms with van der Waals surface area (Å²) in [6.45, 7) is 5.97. The SMILES string of the molecule is C=CCC1(C)CCC(c2ccc(Cl)cc2)N(C2CCCC2)C1=O. The predicted octanol–water partition coefficient (Wildman–Crippen LogP) is 5.53. The Hall–Kier alpha value is -1.28. The highest BCUT2D eigenvalue weighted by atomic mass is 35.5. The lowest BCUT2D eigenvalue weighted by atomic mass is 9.74. The van der Waals surface area contributed by atoms with Crippen LogP contribution in [0.25, 0.3) is 0 Å². The first-order valence-corrected chi connectivity index (χ1v) is 9.12. The molecule has 3 rings (SSSR count). The summed E-state index contributed by atoms with van der Waals surface area (Å²) in [5.74, 6) is 0.315. The summed E-state index contributed by atoms with van der Waals surface area (Å²) < 4.78 is 0. The molecule has 2 atom stereocenters. The van der Waals surface area contributed by atoms with Gasteiger partial charge in [0.1, 0.15) is 0 Å². The molecule has 0 spiro atoms. The van der Waals surface area contributed by atoms with Crippen LogP contribution in [-0.4, -0.2) is 16.8 Å².